The fourth-order valence-corrected chi connectivity index (χ4v) is 0.841. The Labute approximate surface area is 75.2 Å². The van der Waals surface area contributed by atoms with E-state index in [4.69, 9.17) is 0 Å². The average molecular weight is 182 g/mol. The molecule has 1 aromatic heterocycles. The van der Waals surface area contributed by atoms with Crippen LogP contribution in [0.2, 0.25) is 0 Å². The minimum absolute atomic E-state index is 0.381. The van der Waals surface area contributed by atoms with Gasteiger partial charge in [-0.25, -0.2) is 9.48 Å². The lowest BCUT2D eigenvalue weighted by atomic mass is 10.2. The first kappa shape index (κ1) is 9.47. The summed E-state index contributed by atoms with van der Waals surface area (Å²) in [7, 11) is 1.21. The maximum Gasteiger partial charge on any atom is 0.339 e. The molecule has 1 unspecified atom stereocenters. The van der Waals surface area contributed by atoms with Gasteiger partial charge in [0, 0.05) is 18.0 Å². The van der Waals surface area contributed by atoms with Crippen LogP contribution in [0, 0.1) is 0 Å². The van der Waals surface area contributed by atoms with E-state index in [1.165, 1.54) is 30.4 Å². The molecule has 0 aliphatic carbocycles. The van der Waals surface area contributed by atoms with E-state index >= 15 is 0 Å². The van der Waals surface area contributed by atoms with Crippen molar-refractivity contribution in [3.05, 3.63) is 24.5 Å². The molecule has 0 aromatic carbocycles. The molecule has 5 heteroatoms. The van der Waals surface area contributed by atoms with Crippen LogP contribution in [0.1, 0.15) is 11.7 Å². The summed E-state index contributed by atoms with van der Waals surface area (Å²) >= 11 is 0. The summed E-state index contributed by atoms with van der Waals surface area (Å²) in [5.74, 6) is -0.705. The largest absolute Gasteiger partial charge is 0.467 e. The number of hydrogen-bond acceptors (Lipinski definition) is 4. The van der Waals surface area contributed by atoms with Gasteiger partial charge in [-0.3, -0.25) is 0 Å². The molecule has 0 saturated carbocycles. The van der Waals surface area contributed by atoms with E-state index in [2.05, 4.69) is 16.4 Å². The molecule has 70 valence electrons. The second-order valence-electron chi connectivity index (χ2n) is 2.36. The molecule has 0 saturated heterocycles. The Kier molecular flexibility index (Phi) is 2.81. The van der Waals surface area contributed by atoms with Gasteiger partial charge in [0.25, 0.3) is 0 Å². The first-order valence-corrected chi connectivity index (χ1v) is 3.61. The van der Waals surface area contributed by atoms with Crippen LogP contribution >= 0.6 is 0 Å². The van der Waals surface area contributed by atoms with Gasteiger partial charge in [-0.1, -0.05) is 6.58 Å². The topological polar surface area (TPSA) is 64.4 Å². The minimum Gasteiger partial charge on any atom is -0.467 e. The van der Waals surface area contributed by atoms with E-state index in [1.807, 2.05) is 0 Å². The highest BCUT2D eigenvalue weighted by Crippen LogP contribution is 2.12. The maximum atomic E-state index is 10.9. The fraction of sp³-hybridized carbons (Fsp3) is 0.250. The molecule has 5 nitrogen and oxygen atoms in total. The van der Waals surface area contributed by atoms with E-state index in [1.54, 1.807) is 0 Å². The third kappa shape index (κ3) is 1.94. The van der Waals surface area contributed by atoms with Crippen molar-refractivity contribution in [1.82, 2.24) is 9.78 Å². The second kappa shape index (κ2) is 3.86. The number of aliphatic hydroxyl groups excluding tert-OH is 1. The third-order valence-electron chi connectivity index (χ3n) is 1.55. The number of rotatable bonds is 3. The van der Waals surface area contributed by atoms with Crippen LogP contribution in [0.15, 0.2) is 19.0 Å². The summed E-state index contributed by atoms with van der Waals surface area (Å²) < 4.78 is 5.75. The Balaban J connectivity index is 2.82. The van der Waals surface area contributed by atoms with Gasteiger partial charge in [0.2, 0.25) is 0 Å². The van der Waals surface area contributed by atoms with Crippen LogP contribution in [0.4, 0.5) is 0 Å². The molecule has 0 bridgehead atoms. The van der Waals surface area contributed by atoms with Crippen molar-refractivity contribution in [2.24, 2.45) is 0 Å². The first-order valence-electron chi connectivity index (χ1n) is 3.61. The zero-order valence-corrected chi connectivity index (χ0v) is 7.17. The highest BCUT2D eigenvalue weighted by Gasteiger charge is 2.18. The van der Waals surface area contributed by atoms with Crippen molar-refractivity contribution < 1.29 is 14.6 Å². The molecule has 13 heavy (non-hydrogen) atoms. The number of nitrogens with zero attached hydrogens (tertiary/aromatic N) is 2. The third-order valence-corrected chi connectivity index (χ3v) is 1.55. The van der Waals surface area contributed by atoms with Crippen LogP contribution in [0.3, 0.4) is 0 Å². The number of hydrogen-bond donors (Lipinski definition) is 1. The number of ether oxygens (including phenoxy) is 1. The standard InChI is InChI=1S/C8H10N2O3/c1-3-10-5-6(4-9-10)7(11)8(12)13-2/h3-5,7,11H,1H2,2H3. The summed E-state index contributed by atoms with van der Waals surface area (Å²) in [6.07, 6.45) is 3.05. The maximum absolute atomic E-state index is 10.9. The first-order chi connectivity index (χ1) is 6.19. The molecule has 0 aliphatic heterocycles. The molecule has 1 aromatic rings. The average Bonchev–Trinajstić information content (AvgIpc) is 2.63. The number of aromatic nitrogens is 2. The number of carbonyl (C=O) groups is 1. The molecule has 1 atom stereocenters. The quantitative estimate of drug-likeness (QED) is 0.678. The highest BCUT2D eigenvalue weighted by molar-refractivity contribution is 5.75. The number of aliphatic hydroxyl groups is 1. The molecule has 1 heterocycles. The van der Waals surface area contributed by atoms with Crippen molar-refractivity contribution in [1.29, 1.82) is 0 Å². The van der Waals surface area contributed by atoms with E-state index in [0.717, 1.165) is 0 Å². The molecule has 0 aliphatic rings. The zero-order chi connectivity index (χ0) is 9.84. The van der Waals surface area contributed by atoms with E-state index in [9.17, 15) is 9.90 Å². The highest BCUT2D eigenvalue weighted by atomic mass is 16.5. The Hall–Kier alpha value is -1.62. The Morgan fingerprint density at radius 1 is 1.92 bits per heavy atom. The Morgan fingerprint density at radius 3 is 3.08 bits per heavy atom. The predicted octanol–water partition coefficient (Wildman–Crippen LogP) is 0.190. The van der Waals surface area contributed by atoms with Crippen molar-refractivity contribution >= 4 is 12.2 Å². The lowest BCUT2D eigenvalue weighted by Crippen LogP contribution is -2.12. The van der Waals surface area contributed by atoms with Gasteiger partial charge in [0.1, 0.15) is 0 Å². The van der Waals surface area contributed by atoms with Gasteiger partial charge in [0.15, 0.2) is 6.10 Å². The van der Waals surface area contributed by atoms with Crippen molar-refractivity contribution in [3.63, 3.8) is 0 Å². The predicted molar refractivity (Wildman–Crippen MR) is 45.6 cm³/mol. The molecule has 0 spiro atoms. The Bertz CT molecular complexity index is 319. The molecule has 0 radical (unpaired) electrons. The van der Waals surface area contributed by atoms with Crippen LogP contribution in [-0.4, -0.2) is 28.0 Å². The molecule has 0 amide bonds. The second-order valence-corrected chi connectivity index (χ2v) is 2.36. The fourth-order valence-electron chi connectivity index (χ4n) is 0.841. The van der Waals surface area contributed by atoms with Gasteiger partial charge < -0.3 is 9.84 Å². The van der Waals surface area contributed by atoms with Crippen LogP contribution in [-0.2, 0) is 9.53 Å². The van der Waals surface area contributed by atoms with Gasteiger partial charge >= 0.3 is 5.97 Å². The summed E-state index contributed by atoms with van der Waals surface area (Å²) in [6.45, 7) is 3.47. The Morgan fingerprint density at radius 2 is 2.62 bits per heavy atom. The van der Waals surface area contributed by atoms with Gasteiger partial charge in [-0.15, -0.1) is 0 Å². The summed E-state index contributed by atoms with van der Waals surface area (Å²) in [6, 6.07) is 0. The van der Waals surface area contributed by atoms with Gasteiger partial charge in [0.05, 0.1) is 13.3 Å². The molecular formula is C8H10N2O3. The van der Waals surface area contributed by atoms with Crippen molar-refractivity contribution in [2.75, 3.05) is 7.11 Å². The lowest BCUT2D eigenvalue weighted by Gasteiger charge is -2.03. The van der Waals surface area contributed by atoms with Crippen molar-refractivity contribution in [3.8, 4) is 0 Å². The van der Waals surface area contributed by atoms with E-state index in [0.29, 0.717) is 5.56 Å². The van der Waals surface area contributed by atoms with E-state index in [-0.39, 0.29) is 0 Å². The summed E-state index contributed by atoms with van der Waals surface area (Å²) in [4.78, 5) is 10.9. The zero-order valence-electron chi connectivity index (χ0n) is 7.17. The van der Waals surface area contributed by atoms with Crippen LogP contribution < -0.4 is 0 Å². The normalized spacial score (nSPS) is 12.2. The summed E-state index contributed by atoms with van der Waals surface area (Å²) in [5, 5.41) is 13.1. The smallest absolute Gasteiger partial charge is 0.339 e. The van der Waals surface area contributed by atoms with Crippen LogP contribution in [0.25, 0.3) is 6.20 Å². The lowest BCUT2D eigenvalue weighted by molar-refractivity contribution is -0.150. The number of methoxy groups -OCH3 is 1. The monoisotopic (exact) mass is 182 g/mol. The SMILES string of the molecule is C=Cn1cc(C(O)C(=O)OC)cn1. The number of carbonyl (C=O) groups excluding carboxylic acids is 1. The van der Waals surface area contributed by atoms with Gasteiger partial charge in [-0.05, 0) is 0 Å². The molecular weight excluding hydrogens is 172 g/mol. The molecule has 0 fully saturated rings. The summed E-state index contributed by atoms with van der Waals surface area (Å²) in [5.41, 5.74) is 0.381. The van der Waals surface area contributed by atoms with Gasteiger partial charge in [-0.2, -0.15) is 5.10 Å². The molecule has 1 N–H and O–H groups in total. The van der Waals surface area contributed by atoms with E-state index < -0.39 is 12.1 Å². The molecule has 1 rings (SSSR count). The number of esters is 1. The van der Waals surface area contributed by atoms with Crippen LogP contribution in [0.5, 0.6) is 0 Å². The van der Waals surface area contributed by atoms with Crippen molar-refractivity contribution in [2.45, 2.75) is 6.10 Å². The minimum atomic E-state index is -1.28.